The summed E-state index contributed by atoms with van der Waals surface area (Å²) in [7, 11) is 1.61. The van der Waals surface area contributed by atoms with Crippen LogP contribution in [0.5, 0.6) is 5.75 Å². The molecule has 0 saturated carbocycles. The summed E-state index contributed by atoms with van der Waals surface area (Å²) in [5.41, 5.74) is 16.5. The molecule has 2 aliphatic rings. The Hall–Kier alpha value is -4.13. The third-order valence-corrected chi connectivity index (χ3v) is 7.32. The van der Waals surface area contributed by atoms with Crippen molar-refractivity contribution in [3.63, 3.8) is 0 Å². The predicted molar refractivity (Wildman–Crippen MR) is 156 cm³/mol. The smallest absolute Gasteiger partial charge is 0.254 e. The number of carbonyl (C=O) groups excluding carboxylic acids is 1. The first-order valence-corrected chi connectivity index (χ1v) is 13.6. The summed E-state index contributed by atoms with van der Waals surface area (Å²) in [5.74, 6) is 12.9. The fraction of sp³-hybridized carbons (Fsp3) is 0.433. The molecule has 0 atom stereocenters. The molecular weight excluding hydrogens is 522 g/mol. The molecule has 3 aromatic rings. The average Bonchev–Trinajstić information content (AvgIpc) is 3.25. The topological polar surface area (TPSA) is 134 Å². The van der Waals surface area contributed by atoms with Gasteiger partial charge in [-0.15, -0.1) is 0 Å². The largest absolute Gasteiger partial charge is 0.496 e. The Morgan fingerprint density at radius 1 is 0.951 bits per heavy atom. The Morgan fingerprint density at radius 2 is 1.51 bits per heavy atom. The number of benzene rings is 1. The van der Waals surface area contributed by atoms with Crippen molar-refractivity contribution in [3.8, 4) is 35.1 Å². The molecule has 0 aliphatic carbocycles. The lowest BCUT2D eigenvalue weighted by Gasteiger charge is -2.24. The zero-order valence-corrected chi connectivity index (χ0v) is 23.7. The summed E-state index contributed by atoms with van der Waals surface area (Å²) in [5, 5.41) is 0. The third-order valence-electron chi connectivity index (χ3n) is 7.32. The Bertz CT molecular complexity index is 1580. The van der Waals surface area contributed by atoms with Crippen LogP contribution in [0.1, 0.15) is 32.9 Å². The van der Waals surface area contributed by atoms with E-state index in [0.717, 1.165) is 43.0 Å². The first kappa shape index (κ1) is 28.4. The Morgan fingerprint density at radius 3 is 2.05 bits per heavy atom. The number of fused-ring (bicyclic) bond motifs is 1. The number of methoxy groups -OCH3 is 1. The fourth-order valence-electron chi connectivity index (χ4n) is 5.11. The average molecular weight is 558 g/mol. The van der Waals surface area contributed by atoms with Crippen LogP contribution in [0.15, 0.2) is 12.1 Å². The van der Waals surface area contributed by atoms with E-state index in [9.17, 15) is 4.79 Å². The van der Waals surface area contributed by atoms with E-state index in [1.54, 1.807) is 11.7 Å². The lowest BCUT2D eigenvalue weighted by atomic mass is 10.1. The van der Waals surface area contributed by atoms with Gasteiger partial charge in [0.2, 0.25) is 0 Å². The molecule has 11 nitrogen and oxygen atoms in total. The Kier molecular flexibility index (Phi) is 8.72. The highest BCUT2D eigenvalue weighted by atomic mass is 16.5. The standard InChI is InChI=1S/C30H35N7O4/c1-20-8-9-24(39-3)21(2)27(20)37-28(31)25(29(32)38)26-30(37)34-23(7-5-11-36-14-18-41-19-15-36)22(33-26)6-4-10-35-12-16-40-17-13-35/h8-9H,10-19,31H2,1-3H3,(H2,32,38). The molecule has 0 unspecified atom stereocenters. The first-order valence-electron chi connectivity index (χ1n) is 13.6. The van der Waals surface area contributed by atoms with Gasteiger partial charge >= 0.3 is 0 Å². The molecule has 2 fully saturated rings. The fourth-order valence-corrected chi connectivity index (χ4v) is 5.11. The van der Waals surface area contributed by atoms with Crippen molar-refractivity contribution in [1.29, 1.82) is 0 Å². The maximum absolute atomic E-state index is 12.7. The molecule has 1 amide bonds. The summed E-state index contributed by atoms with van der Waals surface area (Å²) in [6, 6.07) is 3.82. The SMILES string of the molecule is COc1ccc(C)c(-n2c(N)c(C(N)=O)c3nc(C#CCN4CCOCC4)c(C#CCN4CCOCC4)nc32)c1C. The van der Waals surface area contributed by atoms with Crippen LogP contribution in [0.4, 0.5) is 5.82 Å². The van der Waals surface area contributed by atoms with Crippen LogP contribution in [0.25, 0.3) is 16.9 Å². The van der Waals surface area contributed by atoms with Gasteiger partial charge in [-0.25, -0.2) is 9.97 Å². The van der Waals surface area contributed by atoms with Crippen LogP contribution in [0.2, 0.25) is 0 Å². The summed E-state index contributed by atoms with van der Waals surface area (Å²) in [4.78, 5) is 26.8. The van der Waals surface area contributed by atoms with Crippen LogP contribution < -0.4 is 16.2 Å². The predicted octanol–water partition coefficient (Wildman–Crippen LogP) is 1.09. The van der Waals surface area contributed by atoms with E-state index < -0.39 is 5.91 Å². The number of hydrogen-bond acceptors (Lipinski definition) is 9. The molecule has 0 bridgehead atoms. The minimum atomic E-state index is -0.697. The number of morpholine rings is 2. The number of carbonyl (C=O) groups is 1. The lowest BCUT2D eigenvalue weighted by molar-refractivity contribution is 0.0443. The number of anilines is 1. The second kappa shape index (κ2) is 12.6. The molecule has 5 rings (SSSR count). The molecule has 41 heavy (non-hydrogen) atoms. The van der Waals surface area contributed by atoms with Crippen molar-refractivity contribution in [3.05, 3.63) is 40.2 Å². The van der Waals surface area contributed by atoms with Gasteiger partial charge in [-0.3, -0.25) is 19.2 Å². The highest BCUT2D eigenvalue weighted by Crippen LogP contribution is 2.35. The quantitative estimate of drug-likeness (QED) is 0.442. The third kappa shape index (κ3) is 5.99. The number of aromatic nitrogens is 3. The van der Waals surface area contributed by atoms with Gasteiger partial charge in [0.05, 0.1) is 52.3 Å². The monoisotopic (exact) mass is 557 g/mol. The molecule has 2 aromatic heterocycles. The van der Waals surface area contributed by atoms with Gasteiger partial charge in [-0.05, 0) is 37.3 Å². The molecule has 11 heteroatoms. The van der Waals surface area contributed by atoms with E-state index in [4.69, 9.17) is 35.6 Å². The first-order chi connectivity index (χ1) is 19.9. The van der Waals surface area contributed by atoms with Crippen LogP contribution in [0, 0.1) is 37.5 Å². The number of nitrogen functional groups attached to an aromatic ring is 1. The molecular formula is C30H35N7O4. The van der Waals surface area contributed by atoms with Crippen LogP contribution in [0.3, 0.4) is 0 Å². The maximum atomic E-state index is 12.7. The zero-order chi connectivity index (χ0) is 28.9. The van der Waals surface area contributed by atoms with Gasteiger partial charge in [0, 0.05) is 31.7 Å². The molecule has 214 valence electrons. The number of ether oxygens (including phenoxy) is 3. The van der Waals surface area contributed by atoms with Crippen molar-refractivity contribution in [2.75, 3.05) is 78.5 Å². The minimum absolute atomic E-state index is 0.0955. The van der Waals surface area contributed by atoms with Gasteiger partial charge in [0.15, 0.2) is 5.65 Å². The van der Waals surface area contributed by atoms with Crippen LogP contribution in [-0.4, -0.2) is 103 Å². The number of hydrogen-bond donors (Lipinski definition) is 2. The lowest BCUT2D eigenvalue weighted by Crippen LogP contribution is -2.36. The van der Waals surface area contributed by atoms with Gasteiger partial charge in [0.1, 0.15) is 34.0 Å². The number of primary amides is 1. The second-order valence-electron chi connectivity index (χ2n) is 9.99. The maximum Gasteiger partial charge on any atom is 0.254 e. The summed E-state index contributed by atoms with van der Waals surface area (Å²) in [6.45, 7) is 11.0. The highest BCUT2D eigenvalue weighted by Gasteiger charge is 2.26. The molecule has 0 radical (unpaired) electrons. The highest BCUT2D eigenvalue weighted by molar-refractivity contribution is 6.09. The zero-order valence-electron chi connectivity index (χ0n) is 23.7. The number of nitrogens with zero attached hydrogens (tertiary/aromatic N) is 5. The van der Waals surface area contributed by atoms with E-state index >= 15 is 0 Å². The number of rotatable bonds is 5. The van der Waals surface area contributed by atoms with E-state index in [1.165, 1.54) is 0 Å². The normalized spacial score (nSPS) is 16.1. The Labute approximate surface area is 239 Å². The number of aryl methyl sites for hydroxylation is 1. The molecule has 2 aliphatic heterocycles. The second-order valence-corrected chi connectivity index (χ2v) is 9.99. The van der Waals surface area contributed by atoms with Crippen molar-refractivity contribution in [2.45, 2.75) is 13.8 Å². The van der Waals surface area contributed by atoms with E-state index in [1.807, 2.05) is 26.0 Å². The van der Waals surface area contributed by atoms with E-state index in [-0.39, 0.29) is 16.9 Å². The van der Waals surface area contributed by atoms with Crippen molar-refractivity contribution in [2.24, 2.45) is 5.73 Å². The van der Waals surface area contributed by atoms with Crippen LogP contribution in [-0.2, 0) is 9.47 Å². The van der Waals surface area contributed by atoms with Crippen molar-refractivity contribution in [1.82, 2.24) is 24.3 Å². The molecule has 4 N–H and O–H groups in total. The molecule has 0 spiro atoms. The molecule has 1 aromatic carbocycles. The van der Waals surface area contributed by atoms with Crippen molar-refractivity contribution >= 4 is 22.9 Å². The van der Waals surface area contributed by atoms with Gasteiger partial charge in [-0.1, -0.05) is 17.9 Å². The van der Waals surface area contributed by atoms with E-state index in [0.29, 0.717) is 62.3 Å². The van der Waals surface area contributed by atoms with Gasteiger partial charge in [0.25, 0.3) is 5.91 Å². The number of nitrogens with two attached hydrogens (primary N) is 2. The number of amides is 1. The van der Waals surface area contributed by atoms with Gasteiger partial charge < -0.3 is 25.7 Å². The van der Waals surface area contributed by atoms with Crippen LogP contribution >= 0.6 is 0 Å². The van der Waals surface area contributed by atoms with E-state index in [2.05, 4.69) is 33.5 Å². The van der Waals surface area contributed by atoms with Crippen molar-refractivity contribution < 1.29 is 19.0 Å². The summed E-state index contributed by atoms with van der Waals surface area (Å²) >= 11 is 0. The minimum Gasteiger partial charge on any atom is -0.496 e. The summed E-state index contributed by atoms with van der Waals surface area (Å²) < 4.78 is 18.2. The molecule has 2 saturated heterocycles. The van der Waals surface area contributed by atoms with Gasteiger partial charge in [-0.2, -0.15) is 0 Å². The molecule has 4 heterocycles. The summed E-state index contributed by atoms with van der Waals surface area (Å²) in [6.07, 6.45) is 0. The Balaban J connectivity index is 1.66.